The third kappa shape index (κ3) is 4.25. The lowest BCUT2D eigenvalue weighted by Crippen LogP contribution is -2.45. The van der Waals surface area contributed by atoms with E-state index in [0.29, 0.717) is 19.1 Å². The zero-order valence-electron chi connectivity index (χ0n) is 14.1. The van der Waals surface area contributed by atoms with E-state index in [1.54, 1.807) is 0 Å². The smallest absolute Gasteiger partial charge is 0.234 e. The fourth-order valence-corrected chi connectivity index (χ4v) is 3.70. The number of ether oxygens (including phenoxy) is 1. The second-order valence-electron chi connectivity index (χ2n) is 6.70. The quantitative estimate of drug-likeness (QED) is 0.908. The summed E-state index contributed by atoms with van der Waals surface area (Å²) in [5, 5.41) is 3.08. The van der Waals surface area contributed by atoms with E-state index in [2.05, 4.69) is 29.3 Å². The first-order chi connectivity index (χ1) is 11.3. The van der Waals surface area contributed by atoms with Gasteiger partial charge in [0.05, 0.1) is 13.2 Å². The van der Waals surface area contributed by atoms with E-state index in [-0.39, 0.29) is 5.91 Å². The summed E-state index contributed by atoms with van der Waals surface area (Å²) < 4.78 is 5.63. The first kappa shape index (κ1) is 16.3. The molecule has 0 radical (unpaired) electrons. The molecule has 2 aliphatic heterocycles. The van der Waals surface area contributed by atoms with Crippen molar-refractivity contribution in [3.63, 3.8) is 0 Å². The van der Waals surface area contributed by atoms with Crippen LogP contribution in [0.5, 0.6) is 5.75 Å². The summed E-state index contributed by atoms with van der Waals surface area (Å²) in [5.74, 6) is 1.14. The highest BCUT2D eigenvalue weighted by atomic mass is 16.5. The van der Waals surface area contributed by atoms with Gasteiger partial charge in [0.15, 0.2) is 0 Å². The molecule has 0 aromatic heterocycles. The summed E-state index contributed by atoms with van der Waals surface area (Å²) in [7, 11) is 0. The number of fused-ring (bicyclic) bond motifs is 1. The highest BCUT2D eigenvalue weighted by molar-refractivity contribution is 5.78. The molecule has 23 heavy (non-hydrogen) atoms. The zero-order valence-corrected chi connectivity index (χ0v) is 14.1. The van der Waals surface area contributed by atoms with E-state index in [1.807, 2.05) is 6.07 Å². The number of aryl methyl sites for hydroxylation is 1. The summed E-state index contributed by atoms with van der Waals surface area (Å²) in [5.41, 5.74) is 2.43. The summed E-state index contributed by atoms with van der Waals surface area (Å²) in [6.07, 6.45) is 7.04. The summed E-state index contributed by atoms with van der Waals surface area (Å²) in [6, 6.07) is 6.84. The van der Waals surface area contributed by atoms with Gasteiger partial charge in [-0.3, -0.25) is 9.69 Å². The molecule has 1 saturated heterocycles. The maximum Gasteiger partial charge on any atom is 0.234 e. The molecule has 0 spiro atoms. The van der Waals surface area contributed by atoms with Gasteiger partial charge >= 0.3 is 0 Å². The van der Waals surface area contributed by atoms with Crippen LogP contribution in [0.25, 0.3) is 0 Å². The largest absolute Gasteiger partial charge is 0.493 e. The molecule has 4 heteroatoms. The van der Waals surface area contributed by atoms with Crippen molar-refractivity contribution in [1.29, 1.82) is 0 Å². The zero-order chi connectivity index (χ0) is 16.1. The molecule has 0 unspecified atom stereocenters. The van der Waals surface area contributed by atoms with Crippen LogP contribution < -0.4 is 10.1 Å². The van der Waals surface area contributed by atoms with Crippen LogP contribution in [0.15, 0.2) is 18.2 Å². The summed E-state index contributed by atoms with van der Waals surface area (Å²) in [4.78, 5) is 14.6. The molecule has 1 aromatic rings. The molecule has 1 fully saturated rings. The number of hydrogen-bond acceptors (Lipinski definition) is 3. The number of piperidine rings is 1. The average Bonchev–Trinajstić information content (AvgIpc) is 2.60. The molecule has 1 atom stereocenters. The maximum atomic E-state index is 12.3. The van der Waals surface area contributed by atoms with Gasteiger partial charge in [-0.05, 0) is 55.8 Å². The van der Waals surface area contributed by atoms with Crippen molar-refractivity contribution in [3.8, 4) is 5.75 Å². The van der Waals surface area contributed by atoms with Crippen LogP contribution in [-0.2, 0) is 17.8 Å². The Balaban J connectivity index is 1.50. The van der Waals surface area contributed by atoms with Gasteiger partial charge in [-0.1, -0.05) is 25.5 Å². The Morgan fingerprint density at radius 1 is 1.35 bits per heavy atom. The lowest BCUT2D eigenvalue weighted by atomic mass is 10.00. The Morgan fingerprint density at radius 2 is 2.26 bits per heavy atom. The predicted octanol–water partition coefficient (Wildman–Crippen LogP) is 2.89. The minimum absolute atomic E-state index is 0.138. The van der Waals surface area contributed by atoms with Gasteiger partial charge in [0.2, 0.25) is 5.91 Å². The third-order valence-electron chi connectivity index (χ3n) is 5.03. The lowest BCUT2D eigenvalue weighted by molar-refractivity contribution is -0.123. The molecule has 0 bridgehead atoms. The molecule has 4 nitrogen and oxygen atoms in total. The van der Waals surface area contributed by atoms with Crippen molar-refractivity contribution in [3.05, 3.63) is 29.3 Å². The van der Waals surface area contributed by atoms with Crippen molar-refractivity contribution >= 4 is 5.91 Å². The topological polar surface area (TPSA) is 41.6 Å². The Morgan fingerprint density at radius 3 is 3.13 bits per heavy atom. The minimum Gasteiger partial charge on any atom is -0.493 e. The Kier molecular flexibility index (Phi) is 5.55. The van der Waals surface area contributed by atoms with E-state index >= 15 is 0 Å². The maximum absolute atomic E-state index is 12.3. The number of carbonyl (C=O) groups is 1. The van der Waals surface area contributed by atoms with Gasteiger partial charge in [-0.2, -0.15) is 0 Å². The number of rotatable bonds is 5. The molecular formula is C19H28N2O2. The van der Waals surface area contributed by atoms with Gasteiger partial charge in [-0.15, -0.1) is 0 Å². The molecule has 126 valence electrons. The summed E-state index contributed by atoms with van der Waals surface area (Å²) in [6.45, 7) is 5.24. The highest BCUT2D eigenvalue weighted by Crippen LogP contribution is 2.25. The van der Waals surface area contributed by atoms with Crippen LogP contribution in [-0.4, -0.2) is 36.5 Å². The van der Waals surface area contributed by atoms with Gasteiger partial charge in [0.25, 0.3) is 0 Å². The first-order valence-electron chi connectivity index (χ1n) is 9.01. The van der Waals surface area contributed by atoms with Crippen LogP contribution in [0, 0.1) is 0 Å². The Labute approximate surface area is 139 Å². The van der Waals surface area contributed by atoms with Crippen molar-refractivity contribution in [2.75, 3.05) is 19.7 Å². The van der Waals surface area contributed by atoms with Crippen LogP contribution in [0.2, 0.25) is 0 Å². The molecule has 1 aromatic carbocycles. The van der Waals surface area contributed by atoms with Gasteiger partial charge in [0.1, 0.15) is 5.75 Å². The monoisotopic (exact) mass is 316 g/mol. The van der Waals surface area contributed by atoms with Crippen molar-refractivity contribution < 1.29 is 9.53 Å². The van der Waals surface area contributed by atoms with Gasteiger partial charge in [-0.25, -0.2) is 0 Å². The fraction of sp³-hybridized carbons (Fsp3) is 0.632. The average molecular weight is 316 g/mol. The van der Waals surface area contributed by atoms with Crippen LogP contribution in [0.3, 0.4) is 0 Å². The normalized spacial score (nSPS) is 21.3. The second kappa shape index (κ2) is 7.82. The van der Waals surface area contributed by atoms with Crippen LogP contribution >= 0.6 is 0 Å². The Bertz CT molecular complexity index is 544. The van der Waals surface area contributed by atoms with Crippen molar-refractivity contribution in [2.45, 2.75) is 58.0 Å². The fourth-order valence-electron chi connectivity index (χ4n) is 3.70. The molecule has 1 amide bonds. The lowest BCUT2D eigenvalue weighted by Gasteiger charge is -2.34. The molecule has 0 saturated carbocycles. The number of amides is 1. The summed E-state index contributed by atoms with van der Waals surface area (Å²) >= 11 is 0. The van der Waals surface area contributed by atoms with E-state index in [0.717, 1.165) is 43.7 Å². The molecule has 0 aliphatic carbocycles. The standard InChI is InChI=1S/C19H28N2O2/c1-2-17-7-3-4-10-21(17)14-19(22)20-13-15-8-9-18-16(12-15)6-5-11-23-18/h8-9,12,17H,2-7,10-11,13-14H2,1H3,(H,20,22)/t17-/m1/s1. The molecular weight excluding hydrogens is 288 g/mol. The molecule has 2 aliphatic rings. The number of carbonyl (C=O) groups excluding carboxylic acids is 1. The third-order valence-corrected chi connectivity index (χ3v) is 5.03. The highest BCUT2D eigenvalue weighted by Gasteiger charge is 2.22. The number of likely N-dealkylation sites (tertiary alicyclic amines) is 1. The Hall–Kier alpha value is -1.55. The second-order valence-corrected chi connectivity index (χ2v) is 6.70. The van der Waals surface area contributed by atoms with E-state index < -0.39 is 0 Å². The van der Waals surface area contributed by atoms with Crippen LogP contribution in [0.4, 0.5) is 0 Å². The van der Waals surface area contributed by atoms with E-state index in [4.69, 9.17) is 4.74 Å². The van der Waals surface area contributed by atoms with Crippen molar-refractivity contribution in [2.24, 2.45) is 0 Å². The molecule has 2 heterocycles. The number of hydrogen-bond donors (Lipinski definition) is 1. The predicted molar refractivity (Wildman–Crippen MR) is 91.6 cm³/mol. The SMILES string of the molecule is CC[C@@H]1CCCCN1CC(=O)NCc1ccc2c(c1)CCCO2. The van der Waals surface area contributed by atoms with Crippen molar-refractivity contribution in [1.82, 2.24) is 10.2 Å². The van der Waals surface area contributed by atoms with E-state index in [9.17, 15) is 4.79 Å². The number of benzene rings is 1. The molecule has 3 rings (SSSR count). The van der Waals surface area contributed by atoms with Gasteiger partial charge in [0, 0.05) is 12.6 Å². The van der Waals surface area contributed by atoms with Crippen LogP contribution in [0.1, 0.15) is 50.2 Å². The van der Waals surface area contributed by atoms with Gasteiger partial charge < -0.3 is 10.1 Å². The van der Waals surface area contributed by atoms with E-state index in [1.165, 1.54) is 24.8 Å². The first-order valence-corrected chi connectivity index (χ1v) is 9.01. The number of nitrogens with zero attached hydrogens (tertiary/aromatic N) is 1. The molecule has 1 N–H and O–H groups in total. The number of nitrogens with one attached hydrogen (secondary N) is 1. The minimum atomic E-state index is 0.138.